The van der Waals surface area contributed by atoms with Crippen LogP contribution in [0.1, 0.15) is 37.4 Å². The number of fused-ring (bicyclic) bond motifs is 3. The highest BCUT2D eigenvalue weighted by Gasteiger charge is 2.18. The minimum Gasteiger partial charge on any atom is -0.481 e. The van der Waals surface area contributed by atoms with Crippen LogP contribution >= 0.6 is 11.8 Å². The molecule has 0 fully saturated rings. The fourth-order valence-corrected chi connectivity index (χ4v) is 5.75. The lowest BCUT2D eigenvalue weighted by Crippen LogP contribution is -2.35. The van der Waals surface area contributed by atoms with Gasteiger partial charge >= 0.3 is 12.1 Å². The fraction of sp³-hybridized carbons (Fsp3) is 0.242. The number of amides is 1. The zero-order chi connectivity index (χ0) is 28.8. The molecule has 5 aromatic rings. The molecule has 0 aliphatic rings. The lowest BCUT2D eigenvalue weighted by Gasteiger charge is -2.16. The summed E-state index contributed by atoms with van der Waals surface area (Å²) in [4.78, 5) is 28.2. The number of furan rings is 1. The molecular weight excluding hydrogens is 536 g/mol. The smallest absolute Gasteiger partial charge is 0.408 e. The number of ether oxygens (including phenoxy) is 1. The average molecular weight is 569 g/mol. The highest BCUT2D eigenvalue weighted by molar-refractivity contribution is 7.99. The van der Waals surface area contributed by atoms with Crippen molar-refractivity contribution in [2.24, 2.45) is 0 Å². The number of benzene rings is 3. The van der Waals surface area contributed by atoms with Crippen molar-refractivity contribution >= 4 is 45.8 Å². The SMILES string of the molecule is CCCCOC(=O)NC(CC(=O)O)SCc1ccc(-c2ccc(-c3cccc4c3oc3ccccc34)c(C)n2)cc1. The molecule has 41 heavy (non-hydrogen) atoms. The zero-order valence-corrected chi connectivity index (χ0v) is 23.9. The number of rotatable bonds is 11. The molecule has 0 aliphatic carbocycles. The van der Waals surface area contributed by atoms with E-state index in [2.05, 4.69) is 35.6 Å². The molecular formula is C33H32N2O5S. The fourth-order valence-electron chi connectivity index (χ4n) is 4.73. The van der Waals surface area contributed by atoms with E-state index in [1.54, 1.807) is 0 Å². The third kappa shape index (κ3) is 6.72. The number of hydrogen-bond acceptors (Lipinski definition) is 6. The van der Waals surface area contributed by atoms with Gasteiger partial charge in [-0.15, -0.1) is 11.8 Å². The van der Waals surface area contributed by atoms with Gasteiger partial charge in [-0.3, -0.25) is 9.78 Å². The Morgan fingerprint density at radius 2 is 1.76 bits per heavy atom. The second kappa shape index (κ2) is 12.9. The van der Waals surface area contributed by atoms with Crippen LogP contribution in [-0.2, 0) is 15.3 Å². The summed E-state index contributed by atoms with van der Waals surface area (Å²) >= 11 is 1.36. The highest BCUT2D eigenvalue weighted by Crippen LogP contribution is 2.37. The normalized spacial score (nSPS) is 12.0. The highest BCUT2D eigenvalue weighted by atomic mass is 32.2. The Morgan fingerprint density at radius 3 is 2.51 bits per heavy atom. The Balaban J connectivity index is 1.28. The van der Waals surface area contributed by atoms with E-state index in [-0.39, 0.29) is 6.42 Å². The number of aryl methyl sites for hydroxylation is 1. The van der Waals surface area contributed by atoms with Gasteiger partial charge < -0.3 is 19.6 Å². The van der Waals surface area contributed by atoms with Crippen LogP contribution in [-0.4, -0.2) is 34.1 Å². The van der Waals surface area contributed by atoms with Crippen LogP contribution in [0.3, 0.4) is 0 Å². The number of pyridine rings is 1. The molecule has 1 atom stereocenters. The van der Waals surface area contributed by atoms with Gasteiger partial charge in [-0.25, -0.2) is 4.79 Å². The zero-order valence-electron chi connectivity index (χ0n) is 23.1. The van der Waals surface area contributed by atoms with Crippen LogP contribution in [0.5, 0.6) is 0 Å². The first-order valence-corrected chi connectivity index (χ1v) is 14.7. The van der Waals surface area contributed by atoms with Gasteiger partial charge in [0, 0.05) is 38.9 Å². The van der Waals surface area contributed by atoms with Gasteiger partial charge in [-0.2, -0.15) is 0 Å². The molecule has 2 N–H and O–H groups in total. The van der Waals surface area contributed by atoms with Gasteiger partial charge in [0.05, 0.1) is 24.1 Å². The minimum atomic E-state index is -0.979. The molecule has 5 rings (SSSR count). The van der Waals surface area contributed by atoms with E-state index >= 15 is 0 Å². The third-order valence-corrected chi connectivity index (χ3v) is 8.04. The van der Waals surface area contributed by atoms with Crippen LogP contribution in [0.15, 0.2) is 83.3 Å². The first kappa shape index (κ1) is 28.2. The second-order valence-electron chi connectivity index (χ2n) is 9.84. The topological polar surface area (TPSA) is 102 Å². The number of nitrogens with one attached hydrogen (secondary N) is 1. The van der Waals surface area contributed by atoms with E-state index < -0.39 is 17.4 Å². The Labute approximate surface area is 242 Å². The Kier molecular flexibility index (Phi) is 8.89. The second-order valence-corrected chi connectivity index (χ2v) is 11.0. The van der Waals surface area contributed by atoms with Crippen LogP contribution in [0.4, 0.5) is 4.79 Å². The van der Waals surface area contributed by atoms with Crippen molar-refractivity contribution in [1.82, 2.24) is 10.3 Å². The largest absolute Gasteiger partial charge is 0.481 e. The van der Waals surface area contributed by atoms with Crippen molar-refractivity contribution in [2.75, 3.05) is 6.61 Å². The number of para-hydroxylation sites is 2. The molecule has 7 nitrogen and oxygen atoms in total. The number of nitrogens with zero attached hydrogens (tertiary/aromatic N) is 1. The van der Waals surface area contributed by atoms with Crippen molar-refractivity contribution in [3.63, 3.8) is 0 Å². The van der Waals surface area contributed by atoms with Gasteiger partial charge in [-0.1, -0.05) is 80.1 Å². The Bertz CT molecular complexity index is 1680. The lowest BCUT2D eigenvalue weighted by molar-refractivity contribution is -0.137. The van der Waals surface area contributed by atoms with Crippen molar-refractivity contribution in [1.29, 1.82) is 0 Å². The first-order valence-electron chi connectivity index (χ1n) is 13.7. The molecule has 0 aliphatic heterocycles. The van der Waals surface area contributed by atoms with Gasteiger partial charge in [-0.05, 0) is 31.0 Å². The van der Waals surface area contributed by atoms with Crippen molar-refractivity contribution in [2.45, 2.75) is 44.2 Å². The van der Waals surface area contributed by atoms with Crippen LogP contribution in [0.25, 0.3) is 44.3 Å². The summed E-state index contributed by atoms with van der Waals surface area (Å²) in [6.07, 6.45) is 0.900. The molecule has 0 saturated carbocycles. The summed E-state index contributed by atoms with van der Waals surface area (Å²) in [5.74, 6) is -0.437. The summed E-state index contributed by atoms with van der Waals surface area (Å²) in [6, 6.07) is 26.4. The van der Waals surface area contributed by atoms with E-state index in [0.29, 0.717) is 12.4 Å². The number of thioether (sulfide) groups is 1. The van der Waals surface area contributed by atoms with Crippen LogP contribution in [0, 0.1) is 6.92 Å². The summed E-state index contributed by atoms with van der Waals surface area (Å²) in [6.45, 7) is 4.33. The Morgan fingerprint density at radius 1 is 0.976 bits per heavy atom. The van der Waals surface area contributed by atoms with Crippen molar-refractivity contribution < 1.29 is 23.8 Å². The maximum Gasteiger partial charge on any atom is 0.408 e. The number of carbonyl (C=O) groups is 2. The number of aliphatic carboxylic acids is 1. The van der Waals surface area contributed by atoms with Gasteiger partial charge in [0.15, 0.2) is 0 Å². The maximum atomic E-state index is 12.0. The van der Waals surface area contributed by atoms with Crippen molar-refractivity contribution in [3.05, 3.63) is 90.1 Å². The molecule has 2 aromatic heterocycles. The average Bonchev–Trinajstić information content (AvgIpc) is 3.35. The van der Waals surface area contributed by atoms with E-state index in [1.165, 1.54) is 11.8 Å². The first-order chi connectivity index (χ1) is 19.9. The van der Waals surface area contributed by atoms with Crippen LogP contribution in [0.2, 0.25) is 0 Å². The number of hydrogen-bond donors (Lipinski definition) is 2. The van der Waals surface area contributed by atoms with Gasteiger partial charge in [0.1, 0.15) is 11.2 Å². The summed E-state index contributed by atoms with van der Waals surface area (Å²) in [5, 5.41) is 13.5. The third-order valence-electron chi connectivity index (χ3n) is 6.85. The number of unbranched alkanes of at least 4 members (excludes halogenated alkanes) is 1. The number of alkyl carbamates (subject to hydrolysis) is 1. The standard InChI is InChI=1S/C33H32N2O5S/c1-3-4-18-39-33(38)35-30(19-31(36)37)41-20-22-12-14-23(15-13-22)28-17-16-24(21(2)34-28)26-9-7-10-27-25-8-5-6-11-29(25)40-32(26)27/h5-17,30H,3-4,18-20H2,1-2H3,(H,35,38)(H,36,37). The molecule has 1 unspecified atom stereocenters. The van der Waals surface area contributed by atoms with E-state index in [0.717, 1.165) is 68.4 Å². The van der Waals surface area contributed by atoms with Gasteiger partial charge in [0.25, 0.3) is 0 Å². The summed E-state index contributed by atoms with van der Waals surface area (Å²) in [5.41, 5.74) is 7.53. The quantitative estimate of drug-likeness (QED) is 0.122. The number of carboxylic acids is 1. The summed E-state index contributed by atoms with van der Waals surface area (Å²) < 4.78 is 11.4. The summed E-state index contributed by atoms with van der Waals surface area (Å²) in [7, 11) is 0. The molecule has 0 spiro atoms. The molecule has 0 radical (unpaired) electrons. The molecule has 3 aromatic carbocycles. The van der Waals surface area contributed by atoms with E-state index in [1.807, 2.05) is 62.4 Å². The molecule has 210 valence electrons. The van der Waals surface area contributed by atoms with Crippen LogP contribution < -0.4 is 5.32 Å². The lowest BCUT2D eigenvalue weighted by atomic mass is 10.00. The molecule has 8 heteroatoms. The van der Waals surface area contributed by atoms with E-state index in [4.69, 9.17) is 14.1 Å². The predicted octanol–water partition coefficient (Wildman–Crippen LogP) is 8.18. The van der Waals surface area contributed by atoms with E-state index in [9.17, 15) is 14.7 Å². The Hall–Kier alpha value is -4.30. The minimum absolute atomic E-state index is 0.192. The van der Waals surface area contributed by atoms with Gasteiger partial charge in [0.2, 0.25) is 0 Å². The monoisotopic (exact) mass is 568 g/mol. The molecule has 0 saturated heterocycles. The molecule has 2 heterocycles. The van der Waals surface area contributed by atoms with Crippen molar-refractivity contribution in [3.8, 4) is 22.4 Å². The molecule has 1 amide bonds. The number of carboxylic acid groups (broad SMARTS) is 1. The predicted molar refractivity (Wildman–Crippen MR) is 164 cm³/mol. The number of carbonyl (C=O) groups excluding carboxylic acids is 1. The molecule has 0 bridgehead atoms. The maximum absolute atomic E-state index is 12.0. The number of aromatic nitrogens is 1.